The predicted octanol–water partition coefficient (Wildman–Crippen LogP) is 12.2. The van der Waals surface area contributed by atoms with Crippen molar-refractivity contribution < 1.29 is 0 Å². The molecule has 0 bridgehead atoms. The van der Waals surface area contributed by atoms with Crippen LogP contribution in [0.15, 0.2) is 170 Å². The van der Waals surface area contributed by atoms with Crippen LogP contribution < -0.4 is 9.80 Å². The second kappa shape index (κ2) is 12.3. The molecule has 5 aromatic rings. The Morgan fingerprint density at radius 1 is 0.489 bits per heavy atom. The lowest BCUT2D eigenvalue weighted by molar-refractivity contribution is 0.533. The highest BCUT2D eigenvalue weighted by Crippen LogP contribution is 2.42. The summed E-state index contributed by atoms with van der Waals surface area (Å²) in [5, 5.41) is 2.48. The fourth-order valence-electron chi connectivity index (χ4n) is 7.00. The van der Waals surface area contributed by atoms with E-state index in [0.29, 0.717) is 11.8 Å². The lowest BCUT2D eigenvalue weighted by atomic mass is 9.84. The van der Waals surface area contributed by atoms with Crippen LogP contribution in [0.4, 0.5) is 22.7 Å². The first-order valence-electron chi connectivity index (χ1n) is 16.8. The molecule has 2 atom stereocenters. The van der Waals surface area contributed by atoms with E-state index in [0.717, 1.165) is 22.7 Å². The van der Waals surface area contributed by atoms with Crippen LogP contribution in [0.2, 0.25) is 0 Å². The van der Waals surface area contributed by atoms with Gasteiger partial charge in [0.05, 0.1) is 5.54 Å². The van der Waals surface area contributed by atoms with E-state index in [-0.39, 0.29) is 11.0 Å². The Morgan fingerprint density at radius 3 is 1.77 bits per heavy atom. The van der Waals surface area contributed by atoms with Crippen LogP contribution >= 0.6 is 0 Å². The number of hydrogen-bond donors (Lipinski definition) is 0. The van der Waals surface area contributed by atoms with E-state index in [1.807, 2.05) is 0 Å². The second-order valence-corrected chi connectivity index (χ2v) is 14.3. The zero-order chi connectivity index (χ0) is 32.6. The van der Waals surface area contributed by atoms with Crippen LogP contribution in [-0.4, -0.2) is 0 Å². The van der Waals surface area contributed by atoms with Gasteiger partial charge in [-0.1, -0.05) is 130 Å². The SMILES string of the molecule is CC(C)(C)c1ccc(C(C)(C)N(c2ccccc2)c2ccc(N(C3=CC4C=CC=CC4C=C3)c3ccc4ccccc4c3)cc2)cc1. The maximum absolute atomic E-state index is 2.47. The van der Waals surface area contributed by atoms with E-state index >= 15 is 0 Å². The molecule has 2 aliphatic carbocycles. The van der Waals surface area contributed by atoms with Gasteiger partial charge in [-0.2, -0.15) is 0 Å². The molecule has 0 saturated carbocycles. The van der Waals surface area contributed by atoms with Gasteiger partial charge in [-0.15, -0.1) is 0 Å². The topological polar surface area (TPSA) is 6.48 Å². The molecule has 0 fully saturated rings. The van der Waals surface area contributed by atoms with Gasteiger partial charge in [0.2, 0.25) is 0 Å². The van der Waals surface area contributed by atoms with Crippen LogP contribution in [0.3, 0.4) is 0 Å². The number of nitrogens with zero attached hydrogens (tertiary/aromatic N) is 2. The van der Waals surface area contributed by atoms with Crippen LogP contribution in [0.5, 0.6) is 0 Å². The Kier molecular flexibility index (Phi) is 7.98. The average Bonchev–Trinajstić information content (AvgIpc) is 3.09. The zero-order valence-electron chi connectivity index (χ0n) is 28.1. The molecule has 2 aliphatic rings. The summed E-state index contributed by atoms with van der Waals surface area (Å²) < 4.78 is 0. The third-order valence-corrected chi connectivity index (χ3v) is 9.72. The Bertz CT molecular complexity index is 1980. The first-order valence-corrected chi connectivity index (χ1v) is 16.8. The predicted molar refractivity (Wildman–Crippen MR) is 202 cm³/mol. The van der Waals surface area contributed by atoms with E-state index in [4.69, 9.17) is 0 Å². The van der Waals surface area contributed by atoms with E-state index in [1.54, 1.807) is 0 Å². The Hall–Kier alpha value is -5.08. The van der Waals surface area contributed by atoms with Crippen molar-refractivity contribution in [3.05, 3.63) is 181 Å². The molecule has 47 heavy (non-hydrogen) atoms. The third-order valence-electron chi connectivity index (χ3n) is 9.72. The number of hydrogen-bond acceptors (Lipinski definition) is 2. The average molecular weight is 613 g/mol. The summed E-state index contributed by atoms with van der Waals surface area (Å²) in [6.45, 7) is 11.5. The van der Waals surface area contributed by atoms with Crippen molar-refractivity contribution in [1.29, 1.82) is 0 Å². The van der Waals surface area contributed by atoms with Crippen molar-refractivity contribution in [2.45, 2.75) is 45.6 Å². The molecule has 2 heteroatoms. The van der Waals surface area contributed by atoms with Crippen molar-refractivity contribution in [3.8, 4) is 0 Å². The van der Waals surface area contributed by atoms with Gasteiger partial charge in [-0.3, -0.25) is 0 Å². The number of anilines is 4. The van der Waals surface area contributed by atoms with E-state index < -0.39 is 0 Å². The normalized spacial score (nSPS) is 17.3. The van der Waals surface area contributed by atoms with Gasteiger partial charge in [0.1, 0.15) is 0 Å². The molecule has 0 N–H and O–H groups in total. The number of rotatable bonds is 7. The Labute approximate surface area is 280 Å². The smallest absolute Gasteiger partial charge is 0.0646 e. The summed E-state index contributed by atoms with van der Waals surface area (Å²) in [7, 11) is 0. The minimum absolute atomic E-state index is 0.113. The first-order chi connectivity index (χ1) is 22.7. The maximum atomic E-state index is 2.47. The van der Waals surface area contributed by atoms with E-state index in [9.17, 15) is 0 Å². The van der Waals surface area contributed by atoms with Crippen LogP contribution in [0.25, 0.3) is 10.8 Å². The molecule has 2 unspecified atom stereocenters. The minimum atomic E-state index is -0.304. The van der Waals surface area contributed by atoms with Crippen molar-refractivity contribution in [3.63, 3.8) is 0 Å². The Morgan fingerprint density at radius 2 is 1.06 bits per heavy atom. The molecule has 0 radical (unpaired) electrons. The molecule has 5 aromatic carbocycles. The van der Waals surface area contributed by atoms with Gasteiger partial charge in [-0.25, -0.2) is 0 Å². The van der Waals surface area contributed by atoms with Gasteiger partial charge < -0.3 is 9.80 Å². The summed E-state index contributed by atoms with van der Waals surface area (Å²) in [5.74, 6) is 0.755. The summed E-state index contributed by atoms with van der Waals surface area (Å²) in [4.78, 5) is 4.87. The minimum Gasteiger partial charge on any atom is -0.332 e. The molecule has 234 valence electrons. The molecule has 0 heterocycles. The van der Waals surface area contributed by atoms with Crippen molar-refractivity contribution >= 4 is 33.5 Å². The molecule has 0 amide bonds. The summed E-state index contributed by atoms with van der Waals surface area (Å²) in [6.07, 6.45) is 16.0. The van der Waals surface area contributed by atoms with Gasteiger partial charge in [0.25, 0.3) is 0 Å². The maximum Gasteiger partial charge on any atom is 0.0646 e. The molecule has 0 saturated heterocycles. The largest absolute Gasteiger partial charge is 0.332 e. The lowest BCUT2D eigenvalue weighted by Crippen LogP contribution is -2.38. The number of allylic oxidation sites excluding steroid dienone is 7. The van der Waals surface area contributed by atoms with Crippen LogP contribution in [0.1, 0.15) is 45.7 Å². The van der Waals surface area contributed by atoms with Crippen molar-refractivity contribution in [2.75, 3.05) is 9.80 Å². The highest BCUT2D eigenvalue weighted by Gasteiger charge is 2.31. The first kappa shape index (κ1) is 30.6. The summed E-state index contributed by atoms with van der Waals surface area (Å²) in [6, 6.07) is 44.4. The Balaban J connectivity index is 1.30. The molecule has 0 spiro atoms. The van der Waals surface area contributed by atoms with Crippen molar-refractivity contribution in [2.24, 2.45) is 11.8 Å². The molecular weight excluding hydrogens is 569 g/mol. The van der Waals surface area contributed by atoms with Gasteiger partial charge in [-0.05, 0) is 95.8 Å². The van der Waals surface area contributed by atoms with Crippen LogP contribution in [0, 0.1) is 11.8 Å². The molecule has 0 aromatic heterocycles. The zero-order valence-corrected chi connectivity index (χ0v) is 28.1. The van der Waals surface area contributed by atoms with Crippen molar-refractivity contribution in [1.82, 2.24) is 0 Å². The number of benzene rings is 5. The fraction of sp³-hybridized carbons (Fsp3) is 0.200. The summed E-state index contributed by atoms with van der Waals surface area (Å²) in [5.41, 5.74) is 8.22. The standard InChI is InChI=1S/C45H44N2/c1-44(2,3)37-21-23-38(24-22-37)45(4,5)47(40-17-7-6-8-18-40)41-29-27-39(28-30-41)46(42-25-19-33-13-9-11-15-35(33)31-42)43-26-20-34-14-10-12-16-36(34)32-43/h6-33,35H,1-5H3. The molecule has 0 aliphatic heterocycles. The molecular formula is C45H44N2. The third kappa shape index (κ3) is 6.09. The molecule has 7 rings (SSSR count). The lowest BCUT2D eigenvalue weighted by Gasteiger charge is -2.41. The summed E-state index contributed by atoms with van der Waals surface area (Å²) >= 11 is 0. The quantitative estimate of drug-likeness (QED) is 0.180. The van der Waals surface area contributed by atoms with Crippen LogP contribution in [-0.2, 0) is 11.0 Å². The monoisotopic (exact) mass is 612 g/mol. The highest BCUT2D eigenvalue weighted by atomic mass is 15.2. The van der Waals surface area contributed by atoms with E-state index in [1.165, 1.54) is 27.6 Å². The fourth-order valence-corrected chi connectivity index (χ4v) is 7.00. The second-order valence-electron chi connectivity index (χ2n) is 14.3. The van der Waals surface area contributed by atoms with Gasteiger partial charge >= 0.3 is 0 Å². The van der Waals surface area contributed by atoms with E-state index in [2.05, 4.69) is 208 Å². The number of fused-ring (bicyclic) bond motifs is 2. The highest BCUT2D eigenvalue weighted by molar-refractivity contribution is 5.88. The van der Waals surface area contributed by atoms with Gasteiger partial charge in [0, 0.05) is 40.3 Å². The number of para-hydroxylation sites is 1. The van der Waals surface area contributed by atoms with Gasteiger partial charge in [0.15, 0.2) is 0 Å². The molecule has 2 nitrogen and oxygen atoms in total.